The lowest BCUT2D eigenvalue weighted by Gasteiger charge is -2.22. The summed E-state index contributed by atoms with van der Waals surface area (Å²) in [6, 6.07) is 6.35. The molecule has 2 aliphatic rings. The highest BCUT2D eigenvalue weighted by molar-refractivity contribution is 7.14. The number of thiazole rings is 1. The lowest BCUT2D eigenvalue weighted by Crippen LogP contribution is -2.36. The average Bonchev–Trinajstić information content (AvgIpc) is 3.46. The third-order valence-electron chi connectivity index (χ3n) is 5.99. The number of aliphatic hydroxyl groups excluding tert-OH is 1. The van der Waals surface area contributed by atoms with Crippen LogP contribution in [0.15, 0.2) is 30.6 Å². The first-order chi connectivity index (χ1) is 17.7. The number of rotatable bonds is 7. The summed E-state index contributed by atoms with van der Waals surface area (Å²) >= 11 is 1.20. The first kappa shape index (κ1) is 27.2. The van der Waals surface area contributed by atoms with Gasteiger partial charge in [-0.3, -0.25) is 4.68 Å². The van der Waals surface area contributed by atoms with E-state index < -0.39 is 11.6 Å². The van der Waals surface area contributed by atoms with Crippen molar-refractivity contribution in [3.05, 3.63) is 40.5 Å². The van der Waals surface area contributed by atoms with Gasteiger partial charge in [0.2, 0.25) is 5.01 Å². The van der Waals surface area contributed by atoms with Gasteiger partial charge in [-0.1, -0.05) is 6.07 Å². The van der Waals surface area contributed by atoms with Gasteiger partial charge in [-0.05, 0) is 44.4 Å². The molecule has 200 valence electrons. The van der Waals surface area contributed by atoms with Gasteiger partial charge in [0.15, 0.2) is 0 Å². The van der Waals surface area contributed by atoms with E-state index >= 15 is 0 Å². The number of ether oxygens (including phenoxy) is 2. The average molecular weight is 531 g/mol. The minimum Gasteiger partial charge on any atom is -0.492 e. The van der Waals surface area contributed by atoms with E-state index in [-0.39, 0.29) is 11.6 Å². The Bertz CT molecular complexity index is 1200. The first-order valence-corrected chi connectivity index (χ1v) is 13.2. The highest BCUT2D eigenvalue weighted by atomic mass is 32.1. The van der Waals surface area contributed by atoms with Crippen LogP contribution in [-0.2, 0) is 17.7 Å². The Morgan fingerprint density at radius 2 is 2.03 bits per heavy atom. The van der Waals surface area contributed by atoms with Crippen molar-refractivity contribution in [3.63, 3.8) is 0 Å². The second-order valence-electron chi connectivity index (χ2n) is 9.71. The summed E-state index contributed by atoms with van der Waals surface area (Å²) in [7, 11) is 0. The normalized spacial score (nSPS) is 15.6. The Labute approximate surface area is 219 Å². The van der Waals surface area contributed by atoms with Crippen molar-refractivity contribution in [2.75, 3.05) is 33.0 Å². The van der Waals surface area contributed by atoms with Gasteiger partial charge in [0, 0.05) is 54.4 Å². The second-order valence-corrected chi connectivity index (χ2v) is 10.8. The molecular formula is C26H34N4O6S. The fraction of sp³-hybridized carbons (Fsp3) is 0.500. The Kier molecular flexibility index (Phi) is 8.93. The van der Waals surface area contributed by atoms with Gasteiger partial charge in [0.25, 0.3) is 0 Å². The maximum absolute atomic E-state index is 11.2. The molecule has 0 bridgehead atoms. The zero-order valence-corrected chi connectivity index (χ0v) is 22.0. The molecule has 0 unspecified atom stereocenters. The number of aromatic nitrogens is 3. The van der Waals surface area contributed by atoms with Crippen molar-refractivity contribution in [2.45, 2.75) is 51.3 Å². The molecule has 1 saturated heterocycles. The molecule has 1 fully saturated rings. The highest BCUT2D eigenvalue weighted by Gasteiger charge is 2.23. The summed E-state index contributed by atoms with van der Waals surface area (Å²) in [6.45, 7) is 7.02. The molecule has 4 N–H and O–H groups in total. The monoisotopic (exact) mass is 530 g/mol. The molecule has 37 heavy (non-hydrogen) atoms. The minimum atomic E-state index is -1.01. The lowest BCUT2D eigenvalue weighted by atomic mass is 10.0. The molecule has 1 aromatic carbocycles. The van der Waals surface area contributed by atoms with Crippen LogP contribution in [0.3, 0.4) is 0 Å². The Morgan fingerprint density at radius 3 is 2.73 bits per heavy atom. The van der Waals surface area contributed by atoms with Crippen LogP contribution < -0.4 is 10.1 Å². The van der Waals surface area contributed by atoms with E-state index in [9.17, 15) is 15.0 Å². The minimum absolute atomic E-state index is 0.102. The molecule has 3 aromatic rings. The molecule has 0 aliphatic carbocycles. The third-order valence-corrected chi connectivity index (χ3v) is 7.09. The van der Waals surface area contributed by atoms with Crippen molar-refractivity contribution in [3.8, 4) is 28.1 Å². The summed E-state index contributed by atoms with van der Waals surface area (Å²) in [4.78, 5) is 16.5. The number of aromatic carboxylic acids is 1. The predicted molar refractivity (Wildman–Crippen MR) is 140 cm³/mol. The molecule has 2 aliphatic heterocycles. The summed E-state index contributed by atoms with van der Waals surface area (Å²) in [5.41, 5.74) is 2.50. The molecule has 0 amide bonds. The zero-order valence-electron chi connectivity index (χ0n) is 21.1. The molecular weight excluding hydrogens is 496 g/mol. The Balaban J connectivity index is 0.000000270. The van der Waals surface area contributed by atoms with Gasteiger partial charge >= 0.3 is 5.97 Å². The maximum Gasteiger partial charge on any atom is 0.365 e. The van der Waals surface area contributed by atoms with Crippen LogP contribution in [0.2, 0.25) is 0 Å². The molecule has 0 radical (unpaired) electrons. The summed E-state index contributed by atoms with van der Waals surface area (Å²) in [5, 5.41) is 35.3. The van der Waals surface area contributed by atoms with E-state index in [4.69, 9.17) is 14.6 Å². The van der Waals surface area contributed by atoms with Crippen LogP contribution in [0.1, 0.15) is 41.4 Å². The fourth-order valence-corrected chi connectivity index (χ4v) is 5.15. The van der Waals surface area contributed by atoms with Crippen LogP contribution in [0.5, 0.6) is 5.75 Å². The van der Waals surface area contributed by atoms with E-state index in [1.807, 2.05) is 24.4 Å². The Morgan fingerprint density at radius 1 is 1.24 bits per heavy atom. The molecule has 5 rings (SSSR count). The largest absolute Gasteiger partial charge is 0.492 e. The second kappa shape index (κ2) is 12.1. The number of hydrogen-bond donors (Lipinski definition) is 4. The number of carbonyl (C=O) groups is 1. The van der Waals surface area contributed by atoms with E-state index in [1.165, 1.54) is 11.3 Å². The number of aliphatic hydroxyl groups is 2. The van der Waals surface area contributed by atoms with E-state index in [1.54, 1.807) is 24.7 Å². The van der Waals surface area contributed by atoms with Crippen LogP contribution in [0.25, 0.3) is 22.4 Å². The van der Waals surface area contributed by atoms with Crippen molar-refractivity contribution < 1.29 is 29.6 Å². The Hall–Kier alpha value is -2.83. The van der Waals surface area contributed by atoms with E-state index in [0.717, 1.165) is 47.6 Å². The first-order valence-electron chi connectivity index (χ1n) is 12.4. The number of nitrogens with one attached hydrogen (secondary N) is 1. The lowest BCUT2D eigenvalue weighted by molar-refractivity contribution is 0.0577. The van der Waals surface area contributed by atoms with Crippen molar-refractivity contribution in [2.24, 2.45) is 0 Å². The van der Waals surface area contributed by atoms with Gasteiger partial charge < -0.3 is 30.1 Å². The van der Waals surface area contributed by atoms with Crippen LogP contribution >= 0.6 is 11.3 Å². The number of carboxylic acid groups (broad SMARTS) is 1. The molecule has 0 saturated carbocycles. The molecule has 4 heterocycles. The summed E-state index contributed by atoms with van der Waals surface area (Å²) < 4.78 is 12.8. The van der Waals surface area contributed by atoms with Gasteiger partial charge in [0.05, 0.1) is 37.3 Å². The van der Waals surface area contributed by atoms with Gasteiger partial charge in [-0.25, -0.2) is 9.78 Å². The quantitative estimate of drug-likeness (QED) is 0.363. The van der Waals surface area contributed by atoms with Crippen LogP contribution in [-0.4, -0.2) is 80.7 Å². The standard InChI is InChI=1S/C19H19N3O4S.C7H15NO2/c1-19(2,25)10-22-9-12(8-20-22)11-3-4-13-14(7-11)26-6-5-15-16(13)21-17(27-15)18(23)24;9-4-3-8-7-1-5-10-6-2-7/h3-4,7-9,25H,5-6,10H2,1-2H3,(H,23,24);7-9H,1-6H2. The molecule has 10 nitrogen and oxygen atoms in total. The van der Waals surface area contributed by atoms with Crippen molar-refractivity contribution in [1.29, 1.82) is 0 Å². The van der Waals surface area contributed by atoms with Gasteiger partial charge in [-0.2, -0.15) is 5.10 Å². The van der Waals surface area contributed by atoms with Crippen molar-refractivity contribution >= 4 is 17.3 Å². The van der Waals surface area contributed by atoms with Crippen LogP contribution in [0.4, 0.5) is 0 Å². The topological polar surface area (TPSA) is 139 Å². The summed E-state index contributed by atoms with van der Waals surface area (Å²) in [5.74, 6) is -0.324. The van der Waals surface area contributed by atoms with Crippen molar-refractivity contribution in [1.82, 2.24) is 20.1 Å². The van der Waals surface area contributed by atoms with E-state index in [0.29, 0.717) is 43.6 Å². The number of carboxylic acids is 1. The molecule has 0 spiro atoms. The molecule has 2 aromatic heterocycles. The summed E-state index contributed by atoms with van der Waals surface area (Å²) in [6.07, 6.45) is 6.43. The van der Waals surface area contributed by atoms with Crippen LogP contribution in [0, 0.1) is 0 Å². The predicted octanol–water partition coefficient (Wildman–Crippen LogP) is 2.82. The number of nitrogens with zero attached hydrogens (tertiary/aromatic N) is 3. The highest BCUT2D eigenvalue weighted by Crippen LogP contribution is 2.39. The SMILES string of the molecule is CC(C)(O)Cn1cc(-c2ccc3c(c2)OCCc2sc(C(=O)O)nc2-3)cn1.OCCNC1CCOCC1. The van der Waals surface area contributed by atoms with Gasteiger partial charge in [-0.15, -0.1) is 11.3 Å². The van der Waals surface area contributed by atoms with Gasteiger partial charge in [0.1, 0.15) is 5.75 Å². The molecule has 11 heteroatoms. The molecule has 0 atom stereocenters. The maximum atomic E-state index is 11.2. The number of fused-ring (bicyclic) bond motifs is 3. The zero-order chi connectivity index (χ0) is 26.4. The smallest absolute Gasteiger partial charge is 0.365 e. The van der Waals surface area contributed by atoms with E-state index in [2.05, 4.69) is 15.4 Å². The number of hydrogen-bond acceptors (Lipinski definition) is 9. The number of benzene rings is 1. The third kappa shape index (κ3) is 7.36. The fourth-order valence-electron chi connectivity index (χ4n) is 4.26.